The van der Waals surface area contributed by atoms with Gasteiger partial charge in [-0.25, -0.2) is 8.42 Å². The number of piperidine rings is 1. The Balaban J connectivity index is 1.25. The first-order chi connectivity index (χ1) is 14.5. The van der Waals surface area contributed by atoms with E-state index in [0.717, 1.165) is 31.0 Å². The SMILES string of the molecule is O=C(C[NH+]1CCN(S(=O)(=O)/C=C/c2ccccc2)CC1)N1CC[C@@H]2CCCC[C@@H]2C1. The number of hydrogen-bond donors (Lipinski definition) is 1. The molecule has 1 aromatic carbocycles. The lowest BCUT2D eigenvalue weighted by Gasteiger charge is -2.41. The summed E-state index contributed by atoms with van der Waals surface area (Å²) in [5.41, 5.74) is 0.873. The summed E-state index contributed by atoms with van der Waals surface area (Å²) in [6.45, 7) is 4.63. The standard InChI is InChI=1S/C23H33N3O3S/c27-23(25-12-10-21-8-4-5-9-22(21)18-25)19-24-13-15-26(16-14-24)30(28,29)17-11-20-6-2-1-3-7-20/h1-3,6-7,11,17,21-22H,4-5,8-10,12-16,18-19H2/p+1/b17-11+/t21-,22+/m0/s1. The number of likely N-dealkylation sites (tertiary alicyclic amines) is 1. The average Bonchev–Trinajstić information content (AvgIpc) is 2.78. The summed E-state index contributed by atoms with van der Waals surface area (Å²) in [5, 5.41) is 1.30. The highest BCUT2D eigenvalue weighted by molar-refractivity contribution is 7.92. The van der Waals surface area contributed by atoms with Gasteiger partial charge in [-0.05, 0) is 36.3 Å². The van der Waals surface area contributed by atoms with E-state index in [1.807, 2.05) is 30.3 Å². The van der Waals surface area contributed by atoms with Crippen LogP contribution in [-0.4, -0.2) is 69.3 Å². The number of fused-ring (bicyclic) bond motifs is 1. The summed E-state index contributed by atoms with van der Waals surface area (Å²) >= 11 is 0. The van der Waals surface area contributed by atoms with Crippen molar-refractivity contribution < 1.29 is 18.1 Å². The fourth-order valence-corrected chi connectivity index (χ4v) is 6.39. The fraction of sp³-hybridized carbons (Fsp3) is 0.609. The summed E-state index contributed by atoms with van der Waals surface area (Å²) in [5.74, 6) is 1.77. The zero-order valence-electron chi connectivity index (χ0n) is 17.7. The minimum atomic E-state index is -3.42. The Labute approximate surface area is 180 Å². The summed E-state index contributed by atoms with van der Waals surface area (Å²) in [4.78, 5) is 16.1. The number of sulfonamides is 1. The van der Waals surface area contributed by atoms with Crippen LogP contribution in [-0.2, 0) is 14.8 Å². The maximum atomic E-state index is 12.8. The molecule has 3 fully saturated rings. The van der Waals surface area contributed by atoms with Crippen LogP contribution in [0.3, 0.4) is 0 Å². The van der Waals surface area contributed by atoms with E-state index in [1.54, 1.807) is 6.08 Å². The summed E-state index contributed by atoms with van der Waals surface area (Å²) in [7, 11) is -3.42. The topological polar surface area (TPSA) is 62.1 Å². The average molecular weight is 433 g/mol. The van der Waals surface area contributed by atoms with E-state index < -0.39 is 10.0 Å². The first-order valence-corrected chi connectivity index (χ1v) is 12.9. The smallest absolute Gasteiger partial charge is 0.277 e. The van der Waals surface area contributed by atoms with Crippen molar-refractivity contribution in [2.45, 2.75) is 32.1 Å². The molecule has 2 saturated heterocycles. The van der Waals surface area contributed by atoms with Crippen molar-refractivity contribution in [1.29, 1.82) is 0 Å². The van der Waals surface area contributed by atoms with Crippen LogP contribution in [0.4, 0.5) is 0 Å². The summed E-state index contributed by atoms with van der Waals surface area (Å²) in [6.07, 6.45) is 8.08. The third-order valence-electron chi connectivity index (χ3n) is 7.07. The molecule has 2 atom stereocenters. The van der Waals surface area contributed by atoms with E-state index in [9.17, 15) is 13.2 Å². The molecule has 1 aromatic rings. The van der Waals surface area contributed by atoms with Gasteiger partial charge in [-0.15, -0.1) is 0 Å². The van der Waals surface area contributed by atoms with Crippen molar-refractivity contribution in [2.24, 2.45) is 11.8 Å². The van der Waals surface area contributed by atoms with Crippen molar-refractivity contribution in [2.75, 3.05) is 45.8 Å². The number of quaternary nitrogens is 1. The number of nitrogens with zero attached hydrogens (tertiary/aromatic N) is 2. The molecule has 1 saturated carbocycles. The zero-order chi connectivity index (χ0) is 21.0. The van der Waals surface area contributed by atoms with Crippen molar-refractivity contribution in [1.82, 2.24) is 9.21 Å². The number of carbonyl (C=O) groups excluding carboxylic acids is 1. The van der Waals surface area contributed by atoms with Gasteiger partial charge in [0.05, 0.1) is 26.2 Å². The lowest BCUT2D eigenvalue weighted by atomic mass is 9.75. The number of hydrogen-bond acceptors (Lipinski definition) is 3. The predicted molar refractivity (Wildman–Crippen MR) is 118 cm³/mol. The molecule has 164 valence electrons. The van der Waals surface area contributed by atoms with Crippen LogP contribution in [0.2, 0.25) is 0 Å². The lowest BCUT2D eigenvalue weighted by molar-refractivity contribution is -0.896. The van der Waals surface area contributed by atoms with E-state index in [4.69, 9.17) is 0 Å². The van der Waals surface area contributed by atoms with Crippen LogP contribution in [0.5, 0.6) is 0 Å². The van der Waals surface area contributed by atoms with Gasteiger partial charge in [0.1, 0.15) is 0 Å². The molecule has 4 rings (SSSR count). The first kappa shape index (κ1) is 21.5. The minimum absolute atomic E-state index is 0.245. The molecule has 3 aliphatic rings. The molecule has 1 aliphatic carbocycles. The lowest BCUT2D eigenvalue weighted by Crippen LogP contribution is -3.15. The van der Waals surface area contributed by atoms with Crippen LogP contribution in [0.15, 0.2) is 35.7 Å². The molecular weight excluding hydrogens is 398 g/mol. The van der Waals surface area contributed by atoms with Gasteiger partial charge in [-0.3, -0.25) is 4.79 Å². The number of piperazine rings is 1. The zero-order valence-corrected chi connectivity index (χ0v) is 18.5. The van der Waals surface area contributed by atoms with E-state index in [0.29, 0.717) is 38.6 Å². The number of nitrogens with one attached hydrogen (secondary N) is 1. The molecule has 7 heteroatoms. The molecule has 2 aliphatic heterocycles. The summed E-state index contributed by atoms with van der Waals surface area (Å²) < 4.78 is 26.8. The largest absolute Gasteiger partial charge is 0.338 e. The van der Waals surface area contributed by atoms with Gasteiger partial charge in [0.15, 0.2) is 6.54 Å². The van der Waals surface area contributed by atoms with Gasteiger partial charge in [0.25, 0.3) is 5.91 Å². The molecule has 0 radical (unpaired) electrons. The third-order valence-corrected chi connectivity index (χ3v) is 8.63. The molecule has 1 amide bonds. The monoisotopic (exact) mass is 432 g/mol. The van der Waals surface area contributed by atoms with Crippen molar-refractivity contribution in [3.8, 4) is 0 Å². The number of rotatable bonds is 5. The molecule has 1 N–H and O–H groups in total. The molecule has 0 unspecified atom stereocenters. The second-order valence-electron chi connectivity index (χ2n) is 9.02. The van der Waals surface area contributed by atoms with Gasteiger partial charge in [-0.1, -0.05) is 49.6 Å². The highest BCUT2D eigenvalue weighted by Gasteiger charge is 2.35. The molecule has 0 spiro atoms. The Kier molecular flexibility index (Phi) is 6.91. The second-order valence-corrected chi connectivity index (χ2v) is 10.8. The van der Waals surface area contributed by atoms with Crippen molar-refractivity contribution in [3.63, 3.8) is 0 Å². The van der Waals surface area contributed by atoms with Crippen LogP contribution in [0, 0.1) is 11.8 Å². The Hall–Kier alpha value is -1.70. The molecular formula is C23H34N3O3S+. The van der Waals surface area contributed by atoms with Gasteiger partial charge >= 0.3 is 0 Å². The van der Waals surface area contributed by atoms with Crippen LogP contribution < -0.4 is 4.90 Å². The fourth-order valence-electron chi connectivity index (χ4n) is 5.20. The number of amides is 1. The van der Waals surface area contributed by atoms with Crippen LogP contribution in [0.25, 0.3) is 6.08 Å². The predicted octanol–water partition coefficient (Wildman–Crippen LogP) is 1.23. The van der Waals surface area contributed by atoms with E-state index in [2.05, 4.69) is 4.90 Å². The van der Waals surface area contributed by atoms with E-state index in [1.165, 1.54) is 40.3 Å². The minimum Gasteiger partial charge on any atom is -0.338 e. The van der Waals surface area contributed by atoms with Gasteiger partial charge < -0.3 is 9.80 Å². The quantitative estimate of drug-likeness (QED) is 0.761. The highest BCUT2D eigenvalue weighted by atomic mass is 32.2. The number of benzene rings is 1. The Morgan fingerprint density at radius 3 is 2.43 bits per heavy atom. The maximum Gasteiger partial charge on any atom is 0.277 e. The van der Waals surface area contributed by atoms with E-state index in [-0.39, 0.29) is 5.91 Å². The van der Waals surface area contributed by atoms with Gasteiger partial charge in [0.2, 0.25) is 10.0 Å². The van der Waals surface area contributed by atoms with Crippen molar-refractivity contribution in [3.05, 3.63) is 41.3 Å². The van der Waals surface area contributed by atoms with Gasteiger partial charge in [0, 0.05) is 18.5 Å². The highest BCUT2D eigenvalue weighted by Crippen LogP contribution is 2.35. The third kappa shape index (κ3) is 5.31. The van der Waals surface area contributed by atoms with E-state index >= 15 is 0 Å². The summed E-state index contributed by atoms with van der Waals surface area (Å²) in [6, 6.07) is 9.46. The number of carbonyl (C=O) groups is 1. The maximum absolute atomic E-state index is 12.8. The molecule has 0 bridgehead atoms. The molecule has 2 heterocycles. The normalized spacial score (nSPS) is 26.6. The Bertz CT molecular complexity index is 848. The second kappa shape index (κ2) is 9.62. The van der Waals surface area contributed by atoms with Crippen LogP contribution in [0.1, 0.15) is 37.7 Å². The Morgan fingerprint density at radius 1 is 1.00 bits per heavy atom. The van der Waals surface area contributed by atoms with Crippen molar-refractivity contribution >= 4 is 22.0 Å². The Morgan fingerprint density at radius 2 is 1.70 bits per heavy atom. The molecule has 6 nitrogen and oxygen atoms in total. The first-order valence-electron chi connectivity index (χ1n) is 11.4. The van der Waals surface area contributed by atoms with Gasteiger partial charge in [-0.2, -0.15) is 4.31 Å². The molecule has 0 aromatic heterocycles. The van der Waals surface area contributed by atoms with Crippen LogP contribution >= 0.6 is 0 Å². The molecule has 30 heavy (non-hydrogen) atoms.